The Hall–Kier alpha value is -2.05. The summed E-state index contributed by atoms with van der Waals surface area (Å²) in [6.45, 7) is 3.02. The number of para-hydroxylation sites is 1. The van der Waals surface area contributed by atoms with Gasteiger partial charge in [0, 0.05) is 24.2 Å². The van der Waals surface area contributed by atoms with Crippen molar-refractivity contribution in [2.45, 2.75) is 25.8 Å². The maximum absolute atomic E-state index is 5.35. The molecule has 0 spiro atoms. The molecule has 1 aromatic carbocycles. The molecule has 1 heterocycles. The summed E-state index contributed by atoms with van der Waals surface area (Å²) >= 11 is 0. The molecule has 0 fully saturated rings. The lowest BCUT2D eigenvalue weighted by molar-refractivity contribution is 0.522. The van der Waals surface area contributed by atoms with Crippen LogP contribution in [0.4, 0.5) is 0 Å². The predicted octanol–water partition coefficient (Wildman–Crippen LogP) is 2.94. The second-order valence-corrected chi connectivity index (χ2v) is 4.41. The zero-order valence-corrected chi connectivity index (χ0v) is 11.2. The van der Waals surface area contributed by atoms with Crippen LogP contribution in [0.2, 0.25) is 0 Å². The van der Waals surface area contributed by atoms with Gasteiger partial charge in [0.25, 0.3) is 0 Å². The van der Waals surface area contributed by atoms with E-state index in [0.29, 0.717) is 0 Å². The number of nitrogens with one attached hydrogen (secondary N) is 1. The number of hydrogen-bond donors (Lipinski definition) is 1. The third-order valence-corrected chi connectivity index (χ3v) is 3.05. The fourth-order valence-corrected chi connectivity index (χ4v) is 2.10. The number of nitrogens with zero attached hydrogens (tertiary/aromatic N) is 2. The Kier molecular flexibility index (Phi) is 4.77. The van der Waals surface area contributed by atoms with Crippen molar-refractivity contribution in [1.82, 2.24) is 15.1 Å². The molecule has 0 saturated heterocycles. The lowest BCUT2D eigenvalue weighted by Crippen LogP contribution is -2.20. The van der Waals surface area contributed by atoms with Crippen LogP contribution in [0.15, 0.2) is 42.7 Å². The largest absolute Gasteiger partial charge is 0.310 e. The summed E-state index contributed by atoms with van der Waals surface area (Å²) < 4.78 is 1.90. The van der Waals surface area contributed by atoms with Crippen molar-refractivity contribution < 1.29 is 0 Å². The van der Waals surface area contributed by atoms with Crippen molar-refractivity contribution >= 4 is 0 Å². The highest BCUT2D eigenvalue weighted by atomic mass is 15.3. The molecule has 98 valence electrons. The van der Waals surface area contributed by atoms with Gasteiger partial charge in [-0.05, 0) is 25.1 Å². The van der Waals surface area contributed by atoms with Crippen LogP contribution in [0.25, 0.3) is 5.69 Å². The van der Waals surface area contributed by atoms with E-state index in [1.807, 2.05) is 41.2 Å². The molecule has 19 heavy (non-hydrogen) atoms. The lowest BCUT2D eigenvalue weighted by atomic mass is 10.1. The Labute approximate surface area is 114 Å². The van der Waals surface area contributed by atoms with Gasteiger partial charge in [-0.15, -0.1) is 12.3 Å². The van der Waals surface area contributed by atoms with E-state index in [1.165, 1.54) is 5.56 Å². The summed E-state index contributed by atoms with van der Waals surface area (Å²) in [4.78, 5) is 0. The summed E-state index contributed by atoms with van der Waals surface area (Å²) in [7, 11) is 0. The van der Waals surface area contributed by atoms with Crippen LogP contribution in [-0.2, 0) is 0 Å². The van der Waals surface area contributed by atoms with Crippen molar-refractivity contribution in [2.24, 2.45) is 0 Å². The summed E-state index contributed by atoms with van der Waals surface area (Å²) in [6, 6.07) is 10.4. The van der Waals surface area contributed by atoms with E-state index in [0.717, 1.165) is 25.1 Å². The molecule has 0 bridgehead atoms. The third kappa shape index (κ3) is 3.46. The SMILES string of the molecule is C#CCCC(NCC)c1cnn(-c2ccccc2)c1. The zero-order valence-electron chi connectivity index (χ0n) is 11.2. The second-order valence-electron chi connectivity index (χ2n) is 4.41. The number of rotatable bonds is 6. The van der Waals surface area contributed by atoms with E-state index in [2.05, 4.69) is 29.5 Å². The van der Waals surface area contributed by atoms with Crippen LogP contribution in [-0.4, -0.2) is 16.3 Å². The Morgan fingerprint density at radius 1 is 1.37 bits per heavy atom. The highest BCUT2D eigenvalue weighted by Gasteiger charge is 2.12. The normalized spacial score (nSPS) is 12.0. The first kappa shape index (κ1) is 13.4. The summed E-state index contributed by atoms with van der Waals surface area (Å²) in [5.41, 5.74) is 2.25. The van der Waals surface area contributed by atoms with E-state index in [-0.39, 0.29) is 6.04 Å². The maximum atomic E-state index is 5.35. The first-order valence-corrected chi connectivity index (χ1v) is 6.62. The minimum absolute atomic E-state index is 0.276. The van der Waals surface area contributed by atoms with Gasteiger partial charge in [-0.25, -0.2) is 4.68 Å². The molecule has 0 amide bonds. The Bertz CT molecular complexity index is 537. The average molecular weight is 253 g/mol. The van der Waals surface area contributed by atoms with Crippen LogP contribution in [0.3, 0.4) is 0 Å². The van der Waals surface area contributed by atoms with Crippen molar-refractivity contribution in [1.29, 1.82) is 0 Å². The summed E-state index contributed by atoms with van der Waals surface area (Å²) in [6.07, 6.45) is 11.0. The Morgan fingerprint density at radius 2 is 2.16 bits per heavy atom. The highest BCUT2D eigenvalue weighted by Crippen LogP contribution is 2.19. The third-order valence-electron chi connectivity index (χ3n) is 3.05. The Balaban J connectivity index is 2.16. The predicted molar refractivity (Wildman–Crippen MR) is 78.0 cm³/mol. The van der Waals surface area contributed by atoms with Crippen LogP contribution in [0, 0.1) is 12.3 Å². The van der Waals surface area contributed by atoms with E-state index in [4.69, 9.17) is 6.42 Å². The van der Waals surface area contributed by atoms with Crippen molar-refractivity contribution in [2.75, 3.05) is 6.54 Å². The fraction of sp³-hybridized carbons (Fsp3) is 0.312. The van der Waals surface area contributed by atoms with Crippen LogP contribution < -0.4 is 5.32 Å². The first-order chi connectivity index (χ1) is 9.35. The standard InChI is InChI=1S/C16H19N3/c1-3-5-11-16(17-4-2)14-12-18-19(13-14)15-9-7-6-8-10-15/h1,6-10,12-13,16-17H,4-5,11H2,2H3. The number of aromatic nitrogens is 2. The average Bonchev–Trinajstić information content (AvgIpc) is 2.94. The van der Waals surface area contributed by atoms with E-state index in [9.17, 15) is 0 Å². The Morgan fingerprint density at radius 3 is 2.84 bits per heavy atom. The van der Waals surface area contributed by atoms with Gasteiger partial charge in [-0.2, -0.15) is 5.10 Å². The minimum atomic E-state index is 0.276. The van der Waals surface area contributed by atoms with E-state index >= 15 is 0 Å². The molecule has 1 aromatic heterocycles. The fourth-order valence-electron chi connectivity index (χ4n) is 2.10. The van der Waals surface area contributed by atoms with Gasteiger partial charge >= 0.3 is 0 Å². The molecule has 1 unspecified atom stereocenters. The molecule has 3 nitrogen and oxygen atoms in total. The van der Waals surface area contributed by atoms with Crippen LogP contribution in [0.1, 0.15) is 31.4 Å². The highest BCUT2D eigenvalue weighted by molar-refractivity contribution is 5.31. The van der Waals surface area contributed by atoms with Gasteiger partial charge in [0.2, 0.25) is 0 Å². The zero-order chi connectivity index (χ0) is 13.5. The molecule has 0 saturated carbocycles. The van der Waals surface area contributed by atoms with Crippen molar-refractivity contribution in [3.63, 3.8) is 0 Å². The quantitative estimate of drug-likeness (QED) is 0.802. The molecule has 2 rings (SSSR count). The minimum Gasteiger partial charge on any atom is -0.310 e. The molecule has 0 radical (unpaired) electrons. The molecular weight excluding hydrogens is 234 g/mol. The molecule has 0 aliphatic rings. The molecule has 2 aromatic rings. The topological polar surface area (TPSA) is 29.9 Å². The van der Waals surface area contributed by atoms with Gasteiger partial charge in [0.1, 0.15) is 0 Å². The van der Waals surface area contributed by atoms with Gasteiger partial charge < -0.3 is 5.32 Å². The number of terminal acetylenes is 1. The molecular formula is C16H19N3. The maximum Gasteiger partial charge on any atom is 0.0645 e. The molecule has 1 N–H and O–H groups in total. The lowest BCUT2D eigenvalue weighted by Gasteiger charge is -2.14. The van der Waals surface area contributed by atoms with Gasteiger partial charge in [-0.1, -0.05) is 25.1 Å². The van der Waals surface area contributed by atoms with Gasteiger partial charge in [0.15, 0.2) is 0 Å². The number of benzene rings is 1. The first-order valence-electron chi connectivity index (χ1n) is 6.62. The van der Waals surface area contributed by atoms with Gasteiger partial charge in [0.05, 0.1) is 11.9 Å². The van der Waals surface area contributed by atoms with Gasteiger partial charge in [-0.3, -0.25) is 0 Å². The second kappa shape index (κ2) is 6.77. The van der Waals surface area contributed by atoms with E-state index < -0.39 is 0 Å². The summed E-state index contributed by atoms with van der Waals surface area (Å²) in [5.74, 6) is 2.70. The molecule has 1 atom stereocenters. The molecule has 0 aliphatic heterocycles. The van der Waals surface area contributed by atoms with Crippen LogP contribution in [0.5, 0.6) is 0 Å². The van der Waals surface area contributed by atoms with Crippen molar-refractivity contribution in [3.05, 3.63) is 48.3 Å². The van der Waals surface area contributed by atoms with E-state index in [1.54, 1.807) is 0 Å². The van der Waals surface area contributed by atoms with Crippen LogP contribution >= 0.6 is 0 Å². The number of hydrogen-bond acceptors (Lipinski definition) is 2. The monoisotopic (exact) mass is 253 g/mol. The molecule has 3 heteroatoms. The molecule has 0 aliphatic carbocycles. The smallest absolute Gasteiger partial charge is 0.0645 e. The summed E-state index contributed by atoms with van der Waals surface area (Å²) in [5, 5.41) is 7.87. The van der Waals surface area contributed by atoms with Crippen molar-refractivity contribution in [3.8, 4) is 18.0 Å².